The first-order valence-electron chi connectivity index (χ1n) is 10.6. The van der Waals surface area contributed by atoms with Gasteiger partial charge >= 0.3 is 12.1 Å². The molecule has 1 amide bonds. The zero-order chi connectivity index (χ0) is 22.3. The number of amides is 1. The van der Waals surface area contributed by atoms with Gasteiger partial charge in [0, 0.05) is 16.8 Å². The molecule has 3 aromatic rings. The van der Waals surface area contributed by atoms with Gasteiger partial charge in [0.2, 0.25) is 0 Å². The van der Waals surface area contributed by atoms with Crippen molar-refractivity contribution in [2.75, 3.05) is 6.61 Å². The number of halogens is 1. The molecule has 5 rings (SSSR count). The summed E-state index contributed by atoms with van der Waals surface area (Å²) in [7, 11) is 0. The van der Waals surface area contributed by atoms with Crippen LogP contribution in [-0.4, -0.2) is 29.3 Å². The molecule has 0 radical (unpaired) electrons. The summed E-state index contributed by atoms with van der Waals surface area (Å²) < 4.78 is 6.57. The molecule has 1 atom stereocenters. The standard InChI is InChI=1S/C26H22BrNO4/c27-18-10-9-17-14-26(24(29)30,12-11-16(17)13-18)28-25(31)32-15-23-21-7-3-1-5-19(21)20-6-2-4-8-22(20)23/h1-10,13,23H,11-12,14-15H2,(H,28,31)(H,29,30). The minimum Gasteiger partial charge on any atom is -0.479 e. The molecule has 32 heavy (non-hydrogen) atoms. The summed E-state index contributed by atoms with van der Waals surface area (Å²) >= 11 is 3.46. The molecule has 162 valence electrons. The van der Waals surface area contributed by atoms with E-state index in [2.05, 4.69) is 45.5 Å². The van der Waals surface area contributed by atoms with Gasteiger partial charge in [-0.05, 0) is 58.4 Å². The van der Waals surface area contributed by atoms with Crippen molar-refractivity contribution in [3.8, 4) is 11.1 Å². The number of alkyl carbamates (subject to hydrolysis) is 1. The molecule has 2 N–H and O–H groups in total. The maximum atomic E-state index is 12.8. The number of carbonyl (C=O) groups excluding carboxylic acids is 1. The highest BCUT2D eigenvalue weighted by Gasteiger charge is 2.43. The molecule has 2 aliphatic carbocycles. The predicted molar refractivity (Wildman–Crippen MR) is 125 cm³/mol. The van der Waals surface area contributed by atoms with Crippen LogP contribution in [0.5, 0.6) is 0 Å². The third-order valence-corrected chi connectivity index (χ3v) is 7.07. The Balaban J connectivity index is 1.32. The topological polar surface area (TPSA) is 75.6 Å². The van der Waals surface area contributed by atoms with E-state index in [1.807, 2.05) is 42.5 Å². The normalized spacial score (nSPS) is 18.9. The number of aryl methyl sites for hydroxylation is 1. The average molecular weight is 492 g/mol. The first-order chi connectivity index (χ1) is 15.5. The zero-order valence-electron chi connectivity index (χ0n) is 17.3. The van der Waals surface area contributed by atoms with Crippen LogP contribution in [0.4, 0.5) is 4.79 Å². The molecule has 0 spiro atoms. The molecule has 0 saturated carbocycles. The molecule has 3 aromatic carbocycles. The maximum Gasteiger partial charge on any atom is 0.408 e. The minimum atomic E-state index is -1.37. The van der Waals surface area contributed by atoms with E-state index in [4.69, 9.17) is 4.74 Å². The van der Waals surface area contributed by atoms with Crippen LogP contribution >= 0.6 is 15.9 Å². The quantitative estimate of drug-likeness (QED) is 0.519. The van der Waals surface area contributed by atoms with Gasteiger partial charge < -0.3 is 15.2 Å². The second-order valence-electron chi connectivity index (χ2n) is 8.43. The van der Waals surface area contributed by atoms with Gasteiger partial charge in [0.1, 0.15) is 12.1 Å². The Kier molecular flexibility index (Phi) is 5.25. The lowest BCUT2D eigenvalue weighted by Gasteiger charge is -2.35. The third-order valence-electron chi connectivity index (χ3n) is 6.58. The van der Waals surface area contributed by atoms with E-state index in [0.717, 1.165) is 37.9 Å². The lowest BCUT2D eigenvalue weighted by Crippen LogP contribution is -2.58. The highest BCUT2D eigenvalue weighted by molar-refractivity contribution is 9.10. The van der Waals surface area contributed by atoms with Crippen LogP contribution in [0, 0.1) is 0 Å². The van der Waals surface area contributed by atoms with E-state index < -0.39 is 17.6 Å². The fraction of sp³-hybridized carbons (Fsp3) is 0.231. The number of carboxylic acids is 1. The lowest BCUT2D eigenvalue weighted by atomic mass is 9.78. The smallest absolute Gasteiger partial charge is 0.408 e. The number of rotatable bonds is 4. The molecule has 6 heteroatoms. The summed E-state index contributed by atoms with van der Waals surface area (Å²) in [6.07, 6.45) is 0.422. The van der Waals surface area contributed by atoms with Gasteiger partial charge in [-0.1, -0.05) is 70.5 Å². The van der Waals surface area contributed by atoms with Crippen molar-refractivity contribution >= 4 is 28.0 Å². The van der Waals surface area contributed by atoms with Crippen molar-refractivity contribution in [1.82, 2.24) is 5.32 Å². The van der Waals surface area contributed by atoms with Gasteiger partial charge in [-0.2, -0.15) is 0 Å². The van der Waals surface area contributed by atoms with Crippen LogP contribution in [-0.2, 0) is 22.4 Å². The number of hydrogen-bond acceptors (Lipinski definition) is 3. The number of carboxylic acid groups (broad SMARTS) is 1. The SMILES string of the molecule is O=C(NC1(C(=O)O)CCc2cc(Br)ccc2C1)OCC1c2ccccc2-c2ccccc21. The first kappa shape index (κ1) is 20.8. The van der Waals surface area contributed by atoms with Crippen molar-refractivity contribution in [3.63, 3.8) is 0 Å². The van der Waals surface area contributed by atoms with Gasteiger partial charge in [0.15, 0.2) is 0 Å². The predicted octanol–water partition coefficient (Wildman–Crippen LogP) is 5.30. The molecule has 2 aliphatic rings. The summed E-state index contributed by atoms with van der Waals surface area (Å²) in [5.74, 6) is -1.11. The lowest BCUT2D eigenvalue weighted by molar-refractivity contribution is -0.145. The van der Waals surface area contributed by atoms with Crippen molar-refractivity contribution in [2.45, 2.75) is 30.7 Å². The van der Waals surface area contributed by atoms with Crippen LogP contribution in [0.15, 0.2) is 71.2 Å². The third kappa shape index (κ3) is 3.58. The number of carbonyl (C=O) groups is 2. The monoisotopic (exact) mass is 491 g/mol. The Labute approximate surface area is 194 Å². The number of ether oxygens (including phenoxy) is 1. The van der Waals surface area contributed by atoms with Crippen LogP contribution in [0.2, 0.25) is 0 Å². The maximum absolute atomic E-state index is 12.8. The molecular formula is C26H22BrNO4. The van der Waals surface area contributed by atoms with E-state index >= 15 is 0 Å². The summed E-state index contributed by atoms with van der Waals surface area (Å²) in [4.78, 5) is 25.0. The molecule has 5 nitrogen and oxygen atoms in total. The Morgan fingerprint density at radius 2 is 1.66 bits per heavy atom. The molecule has 1 unspecified atom stereocenters. The van der Waals surface area contributed by atoms with Gasteiger partial charge in [0.25, 0.3) is 0 Å². The molecule has 0 aromatic heterocycles. The number of fused-ring (bicyclic) bond motifs is 4. The summed E-state index contributed by atoms with van der Waals surface area (Å²) in [6.45, 7) is 0.152. The van der Waals surface area contributed by atoms with E-state index in [0.29, 0.717) is 12.8 Å². The zero-order valence-corrected chi connectivity index (χ0v) is 18.9. The Morgan fingerprint density at radius 3 is 2.31 bits per heavy atom. The average Bonchev–Trinajstić information content (AvgIpc) is 3.11. The number of benzene rings is 3. The van der Waals surface area contributed by atoms with Crippen LogP contribution in [0.1, 0.15) is 34.6 Å². The van der Waals surface area contributed by atoms with Crippen LogP contribution in [0.25, 0.3) is 11.1 Å². The Morgan fingerprint density at radius 1 is 1.00 bits per heavy atom. The Bertz CT molecular complexity index is 1180. The van der Waals surface area contributed by atoms with E-state index in [-0.39, 0.29) is 18.9 Å². The second-order valence-corrected chi connectivity index (χ2v) is 9.34. The minimum absolute atomic E-state index is 0.0710. The highest BCUT2D eigenvalue weighted by atomic mass is 79.9. The summed E-state index contributed by atoms with van der Waals surface area (Å²) in [6, 6.07) is 22.0. The van der Waals surface area contributed by atoms with Crippen LogP contribution in [0.3, 0.4) is 0 Å². The number of aliphatic carboxylic acids is 1. The summed E-state index contributed by atoms with van der Waals surface area (Å²) in [5.41, 5.74) is 5.19. The fourth-order valence-corrected chi connectivity index (χ4v) is 5.34. The molecular weight excluding hydrogens is 470 g/mol. The first-order valence-corrected chi connectivity index (χ1v) is 11.4. The van der Waals surface area contributed by atoms with E-state index in [1.165, 1.54) is 0 Å². The van der Waals surface area contributed by atoms with Gasteiger partial charge in [-0.15, -0.1) is 0 Å². The largest absolute Gasteiger partial charge is 0.479 e. The van der Waals surface area contributed by atoms with Gasteiger partial charge in [-0.25, -0.2) is 9.59 Å². The fourth-order valence-electron chi connectivity index (χ4n) is 4.93. The van der Waals surface area contributed by atoms with E-state index in [1.54, 1.807) is 0 Å². The number of nitrogens with one attached hydrogen (secondary N) is 1. The Hall–Kier alpha value is -3.12. The molecule has 0 heterocycles. The summed E-state index contributed by atoms with van der Waals surface area (Å²) in [5, 5.41) is 12.7. The van der Waals surface area contributed by atoms with Gasteiger partial charge in [-0.3, -0.25) is 0 Å². The molecule has 0 aliphatic heterocycles. The number of hydrogen-bond donors (Lipinski definition) is 2. The van der Waals surface area contributed by atoms with Crippen molar-refractivity contribution in [2.24, 2.45) is 0 Å². The van der Waals surface area contributed by atoms with Crippen molar-refractivity contribution in [1.29, 1.82) is 0 Å². The highest BCUT2D eigenvalue weighted by Crippen LogP contribution is 2.44. The molecule has 0 fully saturated rings. The molecule has 0 saturated heterocycles. The van der Waals surface area contributed by atoms with Crippen LogP contribution < -0.4 is 5.32 Å². The van der Waals surface area contributed by atoms with E-state index in [9.17, 15) is 14.7 Å². The second kappa shape index (κ2) is 8.10. The van der Waals surface area contributed by atoms with Crippen molar-refractivity contribution < 1.29 is 19.4 Å². The van der Waals surface area contributed by atoms with Crippen molar-refractivity contribution in [3.05, 3.63) is 93.5 Å². The van der Waals surface area contributed by atoms with Gasteiger partial charge in [0.05, 0.1) is 0 Å². The molecule has 0 bridgehead atoms.